The van der Waals surface area contributed by atoms with Gasteiger partial charge in [0.1, 0.15) is 11.9 Å². The van der Waals surface area contributed by atoms with Gasteiger partial charge in [-0.3, -0.25) is 4.79 Å². The highest BCUT2D eigenvalue weighted by Gasteiger charge is 2.22. The van der Waals surface area contributed by atoms with Crippen molar-refractivity contribution in [1.29, 1.82) is 0 Å². The van der Waals surface area contributed by atoms with E-state index in [1.165, 1.54) is 0 Å². The second-order valence-electron chi connectivity index (χ2n) is 4.40. The number of amides is 1. The maximum atomic E-state index is 12.1. The fourth-order valence-electron chi connectivity index (χ4n) is 1.85. The molecule has 1 amide bonds. The van der Waals surface area contributed by atoms with Crippen molar-refractivity contribution in [2.45, 2.75) is 19.4 Å². The van der Waals surface area contributed by atoms with Crippen LogP contribution in [0.1, 0.15) is 13.3 Å². The number of benzene rings is 1. The topological polar surface area (TPSA) is 59.6 Å². The van der Waals surface area contributed by atoms with Crippen molar-refractivity contribution in [3.05, 3.63) is 24.3 Å². The Balaban J connectivity index is 0.00000200. The maximum Gasteiger partial charge on any atom is 0.254 e. The van der Waals surface area contributed by atoms with Crippen LogP contribution in [0.3, 0.4) is 0 Å². The number of rotatable bonds is 5. The number of halogens is 1. The minimum atomic E-state index is -0.437. The van der Waals surface area contributed by atoms with E-state index in [9.17, 15) is 4.79 Å². The Morgan fingerprint density at radius 2 is 2.30 bits per heavy atom. The maximum absolute atomic E-state index is 12.1. The average Bonchev–Trinajstić information content (AvgIpc) is 2.47. The second kappa shape index (κ2) is 8.79. The Bertz CT molecular complexity index is 423. The van der Waals surface area contributed by atoms with Crippen LogP contribution in [0.5, 0.6) is 5.75 Å². The van der Waals surface area contributed by atoms with E-state index >= 15 is 0 Å². The van der Waals surface area contributed by atoms with Crippen molar-refractivity contribution in [3.8, 4) is 5.75 Å². The van der Waals surface area contributed by atoms with Gasteiger partial charge in [-0.15, -0.1) is 12.4 Å². The van der Waals surface area contributed by atoms with Crippen molar-refractivity contribution in [2.24, 2.45) is 0 Å². The number of nitrogens with one attached hydrogen (secondary N) is 2. The van der Waals surface area contributed by atoms with Gasteiger partial charge in [0.25, 0.3) is 5.91 Å². The zero-order chi connectivity index (χ0) is 13.5. The third-order valence-corrected chi connectivity index (χ3v) is 2.83. The van der Waals surface area contributed by atoms with Gasteiger partial charge in [-0.2, -0.15) is 0 Å². The molecule has 1 atom stereocenters. The second-order valence-corrected chi connectivity index (χ2v) is 4.40. The molecule has 1 aromatic carbocycles. The molecule has 2 rings (SSSR count). The van der Waals surface area contributed by atoms with Crippen LogP contribution >= 0.6 is 12.4 Å². The van der Waals surface area contributed by atoms with Crippen LogP contribution in [0, 0.1) is 0 Å². The SMILES string of the molecule is CCCOc1ccccc1NC(=O)C1CNCCO1.Cl. The van der Waals surface area contributed by atoms with Gasteiger partial charge in [0, 0.05) is 13.1 Å². The Hall–Kier alpha value is -1.30. The molecule has 6 heteroatoms. The molecule has 5 nitrogen and oxygen atoms in total. The largest absolute Gasteiger partial charge is 0.491 e. The summed E-state index contributed by atoms with van der Waals surface area (Å²) in [4.78, 5) is 12.1. The number of ether oxygens (including phenoxy) is 2. The van der Waals surface area contributed by atoms with Crippen LogP contribution < -0.4 is 15.4 Å². The fourth-order valence-corrected chi connectivity index (χ4v) is 1.85. The molecule has 0 saturated carbocycles. The van der Waals surface area contributed by atoms with E-state index in [1.807, 2.05) is 31.2 Å². The molecule has 2 N–H and O–H groups in total. The molecule has 1 fully saturated rings. The summed E-state index contributed by atoms with van der Waals surface area (Å²) < 4.78 is 11.0. The van der Waals surface area contributed by atoms with Gasteiger partial charge in [0.2, 0.25) is 0 Å². The Morgan fingerprint density at radius 3 is 3.00 bits per heavy atom. The number of para-hydroxylation sites is 2. The third-order valence-electron chi connectivity index (χ3n) is 2.83. The average molecular weight is 301 g/mol. The van der Waals surface area contributed by atoms with Gasteiger partial charge in [-0.05, 0) is 18.6 Å². The third kappa shape index (κ3) is 4.67. The summed E-state index contributed by atoms with van der Waals surface area (Å²) in [7, 11) is 0. The van der Waals surface area contributed by atoms with E-state index in [-0.39, 0.29) is 18.3 Å². The van der Waals surface area contributed by atoms with E-state index < -0.39 is 6.10 Å². The summed E-state index contributed by atoms with van der Waals surface area (Å²) >= 11 is 0. The Kier molecular flexibility index (Phi) is 7.36. The minimum Gasteiger partial charge on any atom is -0.491 e. The molecule has 1 saturated heterocycles. The zero-order valence-electron chi connectivity index (χ0n) is 11.6. The van der Waals surface area contributed by atoms with Crippen LogP contribution in [-0.4, -0.2) is 38.3 Å². The molecule has 1 aliphatic heterocycles. The predicted molar refractivity (Wildman–Crippen MR) is 80.7 cm³/mol. The van der Waals surface area contributed by atoms with Crippen molar-refractivity contribution in [1.82, 2.24) is 5.32 Å². The molecule has 0 aromatic heterocycles. The molecule has 20 heavy (non-hydrogen) atoms. The molecule has 0 radical (unpaired) electrons. The molecule has 1 heterocycles. The minimum absolute atomic E-state index is 0. The van der Waals surface area contributed by atoms with Crippen LogP contribution in [0.25, 0.3) is 0 Å². The lowest BCUT2D eigenvalue weighted by atomic mass is 10.2. The van der Waals surface area contributed by atoms with Gasteiger partial charge in [-0.25, -0.2) is 0 Å². The van der Waals surface area contributed by atoms with Gasteiger partial charge >= 0.3 is 0 Å². The molecule has 1 unspecified atom stereocenters. The number of hydrogen-bond acceptors (Lipinski definition) is 4. The lowest BCUT2D eigenvalue weighted by Crippen LogP contribution is -2.45. The number of morpholine rings is 1. The molecule has 0 spiro atoms. The predicted octanol–water partition coefficient (Wildman–Crippen LogP) is 1.82. The number of hydrogen-bond donors (Lipinski definition) is 2. The summed E-state index contributed by atoms with van der Waals surface area (Å²) in [6.07, 6.45) is 0.491. The van der Waals surface area contributed by atoms with Crippen molar-refractivity contribution in [2.75, 3.05) is 31.6 Å². The smallest absolute Gasteiger partial charge is 0.254 e. The molecule has 1 aliphatic rings. The molecule has 112 valence electrons. The van der Waals surface area contributed by atoms with Crippen LogP contribution in [0.15, 0.2) is 24.3 Å². The lowest BCUT2D eigenvalue weighted by Gasteiger charge is -2.23. The number of carbonyl (C=O) groups is 1. The zero-order valence-corrected chi connectivity index (χ0v) is 12.4. The molecule has 0 bridgehead atoms. The summed E-state index contributed by atoms with van der Waals surface area (Å²) in [6.45, 7) is 4.58. The standard InChI is InChI=1S/C14H20N2O3.ClH/c1-2-8-18-12-6-4-3-5-11(12)16-14(17)13-10-15-7-9-19-13;/h3-6,13,15H,2,7-10H2,1H3,(H,16,17);1H. The lowest BCUT2D eigenvalue weighted by molar-refractivity contribution is -0.128. The first-order valence-electron chi connectivity index (χ1n) is 6.66. The first kappa shape index (κ1) is 16.8. The summed E-state index contributed by atoms with van der Waals surface area (Å²) in [5.41, 5.74) is 0.690. The van der Waals surface area contributed by atoms with Gasteiger partial charge in [-0.1, -0.05) is 19.1 Å². The number of anilines is 1. The van der Waals surface area contributed by atoms with Crippen molar-refractivity contribution in [3.63, 3.8) is 0 Å². The molecule has 1 aromatic rings. The molecular formula is C14H21ClN2O3. The number of carbonyl (C=O) groups excluding carboxylic acids is 1. The Morgan fingerprint density at radius 1 is 1.50 bits per heavy atom. The normalized spacial score (nSPS) is 17.9. The monoisotopic (exact) mass is 300 g/mol. The van der Waals surface area contributed by atoms with E-state index in [0.717, 1.165) is 13.0 Å². The molecule has 0 aliphatic carbocycles. The van der Waals surface area contributed by atoms with Gasteiger partial charge in [0.05, 0.1) is 18.9 Å². The van der Waals surface area contributed by atoms with Crippen molar-refractivity contribution >= 4 is 24.0 Å². The first-order valence-corrected chi connectivity index (χ1v) is 6.66. The first-order chi connectivity index (χ1) is 9.31. The van der Waals surface area contributed by atoms with Crippen LogP contribution in [-0.2, 0) is 9.53 Å². The summed E-state index contributed by atoms with van der Waals surface area (Å²) in [6, 6.07) is 7.44. The summed E-state index contributed by atoms with van der Waals surface area (Å²) in [5.74, 6) is 0.557. The van der Waals surface area contributed by atoms with Crippen LogP contribution in [0.2, 0.25) is 0 Å². The quantitative estimate of drug-likeness (QED) is 0.871. The summed E-state index contributed by atoms with van der Waals surface area (Å²) in [5, 5.41) is 5.99. The highest BCUT2D eigenvalue weighted by molar-refractivity contribution is 5.95. The van der Waals surface area contributed by atoms with E-state index in [2.05, 4.69) is 10.6 Å². The van der Waals surface area contributed by atoms with Gasteiger partial charge in [0.15, 0.2) is 0 Å². The van der Waals surface area contributed by atoms with Gasteiger partial charge < -0.3 is 20.1 Å². The van der Waals surface area contributed by atoms with Crippen molar-refractivity contribution < 1.29 is 14.3 Å². The van der Waals surface area contributed by atoms with Crippen LogP contribution in [0.4, 0.5) is 5.69 Å². The van der Waals surface area contributed by atoms with E-state index in [0.29, 0.717) is 31.2 Å². The highest BCUT2D eigenvalue weighted by atomic mass is 35.5. The highest BCUT2D eigenvalue weighted by Crippen LogP contribution is 2.24. The molecular weight excluding hydrogens is 280 g/mol. The fraction of sp³-hybridized carbons (Fsp3) is 0.500. The van der Waals surface area contributed by atoms with E-state index in [1.54, 1.807) is 0 Å². The van der Waals surface area contributed by atoms with E-state index in [4.69, 9.17) is 9.47 Å². The Labute approximate surface area is 125 Å².